The third-order valence-corrected chi connectivity index (χ3v) is 5.24. The lowest BCUT2D eigenvalue weighted by molar-refractivity contribution is 0.285. The number of aryl methyl sites for hydroxylation is 2. The molecule has 1 aliphatic heterocycles. The van der Waals surface area contributed by atoms with Gasteiger partial charge in [-0.05, 0) is 68.3 Å². The van der Waals surface area contributed by atoms with E-state index >= 15 is 0 Å². The van der Waals surface area contributed by atoms with E-state index < -0.39 is 0 Å². The van der Waals surface area contributed by atoms with E-state index in [1.165, 1.54) is 70.0 Å². The van der Waals surface area contributed by atoms with Gasteiger partial charge in [0.2, 0.25) is 0 Å². The first-order chi connectivity index (χ1) is 9.83. The van der Waals surface area contributed by atoms with Crippen molar-refractivity contribution in [3.8, 4) is 0 Å². The molecule has 1 nitrogen and oxygen atoms in total. The Morgan fingerprint density at radius 2 is 1.60 bits per heavy atom. The molecule has 3 rings (SSSR count). The number of hydrogen-bond donors (Lipinski definition) is 0. The van der Waals surface area contributed by atoms with Crippen LogP contribution in [0.1, 0.15) is 60.6 Å². The first-order valence-corrected chi connectivity index (χ1v) is 8.75. The van der Waals surface area contributed by atoms with Gasteiger partial charge in [0.15, 0.2) is 0 Å². The van der Waals surface area contributed by atoms with Gasteiger partial charge in [0, 0.05) is 6.54 Å². The lowest BCUT2D eigenvalue weighted by Crippen LogP contribution is -2.28. The van der Waals surface area contributed by atoms with Crippen LogP contribution in [0, 0.1) is 0 Å². The Kier molecular flexibility index (Phi) is 5.01. The van der Waals surface area contributed by atoms with Crippen LogP contribution >= 0.6 is 11.6 Å². The van der Waals surface area contributed by atoms with Gasteiger partial charge in [-0.25, -0.2) is 0 Å². The summed E-state index contributed by atoms with van der Waals surface area (Å²) >= 11 is 6.69. The van der Waals surface area contributed by atoms with Crippen LogP contribution in [0.4, 0.5) is 0 Å². The van der Waals surface area contributed by atoms with Gasteiger partial charge in [-0.3, -0.25) is 0 Å². The molecule has 0 N–H and O–H groups in total. The molecule has 1 heterocycles. The lowest BCUT2D eigenvalue weighted by atomic mass is 9.90. The normalized spacial score (nSPS) is 22.1. The summed E-state index contributed by atoms with van der Waals surface area (Å²) in [4.78, 5) is 2.56. The van der Waals surface area contributed by atoms with E-state index in [-0.39, 0.29) is 5.38 Å². The van der Waals surface area contributed by atoms with Crippen molar-refractivity contribution in [1.82, 2.24) is 4.90 Å². The minimum absolute atomic E-state index is 0.153. The fourth-order valence-electron chi connectivity index (χ4n) is 3.60. The summed E-state index contributed by atoms with van der Waals surface area (Å²) in [5.41, 5.74) is 4.44. The van der Waals surface area contributed by atoms with Crippen molar-refractivity contribution in [1.29, 1.82) is 0 Å². The second-order valence-corrected chi connectivity index (χ2v) is 6.94. The van der Waals surface area contributed by atoms with E-state index in [4.69, 9.17) is 11.6 Å². The summed E-state index contributed by atoms with van der Waals surface area (Å²) in [7, 11) is 0. The summed E-state index contributed by atoms with van der Waals surface area (Å²) in [6, 6.07) is 6.96. The van der Waals surface area contributed by atoms with E-state index in [9.17, 15) is 0 Å². The van der Waals surface area contributed by atoms with Crippen LogP contribution in [0.25, 0.3) is 0 Å². The molecular weight excluding hydrogens is 266 g/mol. The fraction of sp³-hybridized carbons (Fsp3) is 0.667. The monoisotopic (exact) mass is 291 g/mol. The summed E-state index contributed by atoms with van der Waals surface area (Å²) in [5, 5.41) is 0.153. The molecule has 2 heteroatoms. The van der Waals surface area contributed by atoms with E-state index in [1.807, 2.05) is 0 Å². The maximum absolute atomic E-state index is 6.69. The Labute approximate surface area is 128 Å². The molecular formula is C18H26ClN. The van der Waals surface area contributed by atoms with Gasteiger partial charge in [-0.2, -0.15) is 0 Å². The average molecular weight is 292 g/mol. The third kappa shape index (κ3) is 3.56. The molecule has 1 fully saturated rings. The molecule has 2 aliphatic rings. The zero-order valence-electron chi connectivity index (χ0n) is 12.4. The Bertz CT molecular complexity index is 435. The Morgan fingerprint density at radius 3 is 2.35 bits per heavy atom. The number of halogens is 1. The fourth-order valence-corrected chi connectivity index (χ4v) is 3.93. The number of rotatable bonds is 3. The van der Waals surface area contributed by atoms with Crippen molar-refractivity contribution in [2.24, 2.45) is 0 Å². The number of hydrogen-bond acceptors (Lipinski definition) is 1. The number of alkyl halides is 1. The van der Waals surface area contributed by atoms with E-state index in [1.54, 1.807) is 11.1 Å². The zero-order valence-corrected chi connectivity index (χ0v) is 13.2. The van der Waals surface area contributed by atoms with Crippen molar-refractivity contribution in [2.75, 3.05) is 19.6 Å². The molecule has 20 heavy (non-hydrogen) atoms. The lowest BCUT2D eigenvalue weighted by Gasteiger charge is -2.24. The van der Waals surface area contributed by atoms with Crippen molar-refractivity contribution in [3.63, 3.8) is 0 Å². The third-order valence-electron chi connectivity index (χ3n) is 4.85. The quantitative estimate of drug-likeness (QED) is 0.728. The van der Waals surface area contributed by atoms with Gasteiger partial charge in [-0.1, -0.05) is 31.0 Å². The minimum atomic E-state index is 0.153. The van der Waals surface area contributed by atoms with Crippen molar-refractivity contribution >= 4 is 11.6 Å². The van der Waals surface area contributed by atoms with Crippen molar-refractivity contribution in [3.05, 3.63) is 34.9 Å². The molecule has 1 aromatic carbocycles. The van der Waals surface area contributed by atoms with Gasteiger partial charge >= 0.3 is 0 Å². The molecule has 1 unspecified atom stereocenters. The Hall–Kier alpha value is -0.530. The SMILES string of the molecule is ClC(CN1CCCCCC1)c1ccc2c(c1)CCCC2. The minimum Gasteiger partial charge on any atom is -0.302 e. The van der Waals surface area contributed by atoms with Crippen LogP contribution in [0.5, 0.6) is 0 Å². The second kappa shape index (κ2) is 6.95. The molecule has 0 spiro atoms. The summed E-state index contributed by atoms with van der Waals surface area (Å²) in [5.74, 6) is 0. The zero-order chi connectivity index (χ0) is 13.8. The molecule has 1 aromatic rings. The van der Waals surface area contributed by atoms with Crippen LogP contribution in [-0.4, -0.2) is 24.5 Å². The van der Waals surface area contributed by atoms with Gasteiger partial charge in [0.25, 0.3) is 0 Å². The molecule has 110 valence electrons. The molecule has 0 amide bonds. The molecule has 0 radical (unpaired) electrons. The largest absolute Gasteiger partial charge is 0.302 e. The molecule has 0 bridgehead atoms. The Morgan fingerprint density at radius 1 is 0.900 bits per heavy atom. The molecule has 1 saturated heterocycles. The van der Waals surface area contributed by atoms with Crippen molar-refractivity contribution < 1.29 is 0 Å². The molecule has 1 aliphatic carbocycles. The summed E-state index contributed by atoms with van der Waals surface area (Å²) < 4.78 is 0. The Balaban J connectivity index is 1.65. The maximum atomic E-state index is 6.69. The van der Waals surface area contributed by atoms with Crippen LogP contribution in [0.2, 0.25) is 0 Å². The smallest absolute Gasteiger partial charge is 0.0712 e. The molecule has 1 atom stereocenters. The molecule has 0 saturated carbocycles. The maximum Gasteiger partial charge on any atom is 0.0712 e. The first-order valence-electron chi connectivity index (χ1n) is 8.31. The van der Waals surface area contributed by atoms with Gasteiger partial charge in [0.1, 0.15) is 0 Å². The van der Waals surface area contributed by atoms with Gasteiger partial charge < -0.3 is 4.90 Å². The highest BCUT2D eigenvalue weighted by atomic mass is 35.5. The number of benzene rings is 1. The van der Waals surface area contributed by atoms with Gasteiger partial charge in [0.05, 0.1) is 5.38 Å². The summed E-state index contributed by atoms with van der Waals surface area (Å²) in [6.45, 7) is 3.47. The van der Waals surface area contributed by atoms with Crippen LogP contribution in [0.15, 0.2) is 18.2 Å². The van der Waals surface area contributed by atoms with Crippen molar-refractivity contribution in [2.45, 2.75) is 56.7 Å². The highest BCUT2D eigenvalue weighted by Gasteiger charge is 2.17. The number of nitrogens with zero attached hydrogens (tertiary/aromatic N) is 1. The summed E-state index contributed by atoms with van der Waals surface area (Å²) in [6.07, 6.45) is 10.7. The van der Waals surface area contributed by atoms with Crippen LogP contribution in [-0.2, 0) is 12.8 Å². The molecule has 0 aromatic heterocycles. The van der Waals surface area contributed by atoms with Crippen LogP contribution < -0.4 is 0 Å². The first kappa shape index (κ1) is 14.4. The predicted octanol–water partition coefficient (Wildman–Crippen LogP) is 4.72. The van der Waals surface area contributed by atoms with E-state index in [0.29, 0.717) is 0 Å². The standard InChI is InChI=1S/C18H26ClN/c19-18(14-20-11-5-1-2-6-12-20)17-10-9-15-7-3-4-8-16(15)13-17/h9-10,13,18H,1-8,11-12,14H2. The topological polar surface area (TPSA) is 3.24 Å². The highest BCUT2D eigenvalue weighted by molar-refractivity contribution is 6.21. The predicted molar refractivity (Wildman–Crippen MR) is 86.6 cm³/mol. The average Bonchev–Trinajstić information content (AvgIpc) is 2.75. The second-order valence-electron chi connectivity index (χ2n) is 6.42. The van der Waals surface area contributed by atoms with Crippen LogP contribution in [0.3, 0.4) is 0 Å². The van der Waals surface area contributed by atoms with Gasteiger partial charge in [-0.15, -0.1) is 11.6 Å². The van der Waals surface area contributed by atoms with E-state index in [2.05, 4.69) is 23.1 Å². The van der Waals surface area contributed by atoms with E-state index in [0.717, 1.165) is 6.54 Å². The number of likely N-dealkylation sites (tertiary alicyclic amines) is 1. The number of fused-ring (bicyclic) bond motifs is 1. The highest BCUT2D eigenvalue weighted by Crippen LogP contribution is 2.28.